The second-order valence-electron chi connectivity index (χ2n) is 5.20. The lowest BCUT2D eigenvalue weighted by molar-refractivity contribution is -0.146. The van der Waals surface area contributed by atoms with Gasteiger partial charge in [-0.3, -0.25) is 9.36 Å². The van der Waals surface area contributed by atoms with Crippen LogP contribution in [0, 0.1) is 5.41 Å². The largest absolute Gasteiger partial charge is 0.481 e. The Labute approximate surface area is 109 Å². The number of aliphatic carboxylic acids is 1. The maximum Gasteiger partial charge on any atom is 0.344 e. The van der Waals surface area contributed by atoms with Crippen LogP contribution in [0.3, 0.4) is 0 Å². The van der Waals surface area contributed by atoms with E-state index in [4.69, 9.17) is 5.11 Å². The van der Waals surface area contributed by atoms with Crippen molar-refractivity contribution in [2.75, 3.05) is 5.75 Å². The van der Waals surface area contributed by atoms with Gasteiger partial charge in [0.2, 0.25) is 0 Å². The van der Waals surface area contributed by atoms with Crippen molar-refractivity contribution in [2.24, 2.45) is 5.41 Å². The predicted molar refractivity (Wildman–Crippen MR) is 67.9 cm³/mol. The van der Waals surface area contributed by atoms with Gasteiger partial charge in [0, 0.05) is 11.8 Å². The van der Waals surface area contributed by atoms with Crippen LogP contribution in [-0.2, 0) is 4.79 Å². The Bertz CT molecular complexity index is 502. The van der Waals surface area contributed by atoms with Gasteiger partial charge in [0.05, 0.1) is 5.41 Å². The van der Waals surface area contributed by atoms with Gasteiger partial charge >= 0.3 is 11.7 Å². The fourth-order valence-electron chi connectivity index (χ4n) is 1.55. The molecule has 1 heterocycles. The summed E-state index contributed by atoms with van der Waals surface area (Å²) < 4.78 is 1.68. The maximum atomic E-state index is 11.5. The highest BCUT2D eigenvalue weighted by atomic mass is 32.2. The van der Waals surface area contributed by atoms with Crippen molar-refractivity contribution in [2.45, 2.75) is 44.3 Å². The molecule has 100 valence electrons. The number of aromatic nitrogens is 3. The Morgan fingerprint density at radius 2 is 2.28 bits per heavy atom. The van der Waals surface area contributed by atoms with Crippen molar-refractivity contribution in [1.82, 2.24) is 14.8 Å². The number of H-pyrrole nitrogens is 1. The lowest BCUT2D eigenvalue weighted by Gasteiger charge is -2.18. The number of nitrogens with zero attached hydrogens (tertiary/aromatic N) is 2. The zero-order valence-electron chi connectivity index (χ0n) is 10.5. The van der Waals surface area contributed by atoms with E-state index in [1.54, 1.807) is 18.4 Å². The van der Waals surface area contributed by atoms with Crippen LogP contribution in [0.15, 0.2) is 9.95 Å². The number of carboxylic acids is 1. The van der Waals surface area contributed by atoms with Crippen LogP contribution in [0.5, 0.6) is 0 Å². The van der Waals surface area contributed by atoms with E-state index >= 15 is 0 Å². The van der Waals surface area contributed by atoms with Crippen molar-refractivity contribution in [1.29, 1.82) is 0 Å². The number of nitrogens with one attached hydrogen (secondary N) is 1. The molecular formula is C11H17N3O3S. The second kappa shape index (κ2) is 4.79. The highest BCUT2D eigenvalue weighted by Crippen LogP contribution is 2.36. The highest BCUT2D eigenvalue weighted by molar-refractivity contribution is 7.99. The van der Waals surface area contributed by atoms with Gasteiger partial charge in [0.15, 0.2) is 5.16 Å². The molecule has 1 aliphatic carbocycles. The summed E-state index contributed by atoms with van der Waals surface area (Å²) in [4.78, 5) is 22.5. The number of hydrogen-bond donors (Lipinski definition) is 2. The standard InChI is InChI=1S/C11H17N3O3S/c1-11(2,8(15)16)5-6-18-10-13-12-9(17)14(10)7-3-4-7/h7H,3-6H2,1-2H3,(H,12,17)(H,15,16). The molecule has 1 aromatic rings. The summed E-state index contributed by atoms with van der Waals surface area (Å²) >= 11 is 1.44. The predicted octanol–water partition coefficient (Wildman–Crippen LogP) is 1.50. The third-order valence-corrected chi connectivity index (χ3v) is 4.08. The van der Waals surface area contributed by atoms with Crippen LogP contribution < -0.4 is 5.69 Å². The lowest BCUT2D eigenvalue weighted by Crippen LogP contribution is -2.24. The van der Waals surface area contributed by atoms with E-state index in [-0.39, 0.29) is 11.7 Å². The molecule has 0 unspecified atom stereocenters. The monoisotopic (exact) mass is 271 g/mol. The topological polar surface area (TPSA) is 88.0 Å². The summed E-state index contributed by atoms with van der Waals surface area (Å²) in [6.07, 6.45) is 2.58. The van der Waals surface area contributed by atoms with Gasteiger partial charge in [0.1, 0.15) is 0 Å². The van der Waals surface area contributed by atoms with Crippen LogP contribution in [0.25, 0.3) is 0 Å². The Morgan fingerprint density at radius 3 is 2.83 bits per heavy atom. The number of carboxylic acid groups (broad SMARTS) is 1. The highest BCUT2D eigenvalue weighted by Gasteiger charge is 2.30. The molecule has 1 aromatic heterocycles. The Morgan fingerprint density at radius 1 is 1.61 bits per heavy atom. The molecule has 6 nitrogen and oxygen atoms in total. The number of thioether (sulfide) groups is 1. The van der Waals surface area contributed by atoms with Crippen molar-refractivity contribution in [3.05, 3.63) is 10.5 Å². The van der Waals surface area contributed by atoms with Gasteiger partial charge in [-0.2, -0.15) is 0 Å². The third-order valence-electron chi connectivity index (χ3n) is 3.12. The van der Waals surface area contributed by atoms with E-state index in [2.05, 4.69) is 10.2 Å². The first-order chi connectivity index (χ1) is 8.42. The molecule has 1 saturated carbocycles. The molecule has 18 heavy (non-hydrogen) atoms. The van der Waals surface area contributed by atoms with Crippen LogP contribution in [0.2, 0.25) is 0 Å². The molecule has 0 saturated heterocycles. The molecule has 0 spiro atoms. The van der Waals surface area contributed by atoms with Gasteiger partial charge in [-0.05, 0) is 33.1 Å². The average molecular weight is 271 g/mol. The van der Waals surface area contributed by atoms with Gasteiger partial charge in [-0.1, -0.05) is 11.8 Å². The number of rotatable bonds is 6. The molecule has 2 rings (SSSR count). The first-order valence-electron chi connectivity index (χ1n) is 5.95. The van der Waals surface area contributed by atoms with Crippen molar-refractivity contribution in [3.8, 4) is 0 Å². The first-order valence-corrected chi connectivity index (χ1v) is 6.93. The van der Waals surface area contributed by atoms with Crippen molar-refractivity contribution in [3.63, 3.8) is 0 Å². The zero-order valence-corrected chi connectivity index (χ0v) is 11.3. The molecule has 0 amide bonds. The summed E-state index contributed by atoms with van der Waals surface area (Å²) in [6.45, 7) is 3.41. The van der Waals surface area contributed by atoms with Crippen LogP contribution in [0.4, 0.5) is 0 Å². The maximum absolute atomic E-state index is 11.5. The van der Waals surface area contributed by atoms with Gasteiger partial charge in [-0.25, -0.2) is 9.89 Å². The molecule has 0 radical (unpaired) electrons. The number of hydrogen-bond acceptors (Lipinski definition) is 4. The molecule has 0 atom stereocenters. The molecule has 0 aromatic carbocycles. The van der Waals surface area contributed by atoms with Crippen molar-refractivity contribution < 1.29 is 9.90 Å². The fourth-order valence-corrected chi connectivity index (χ4v) is 2.83. The number of carbonyl (C=O) groups is 1. The molecule has 0 aliphatic heterocycles. The van der Waals surface area contributed by atoms with E-state index < -0.39 is 11.4 Å². The minimum atomic E-state index is -0.801. The summed E-state index contributed by atoms with van der Waals surface area (Å²) in [6, 6.07) is 0.284. The normalized spacial score (nSPS) is 15.9. The van der Waals surface area contributed by atoms with Crippen LogP contribution >= 0.6 is 11.8 Å². The van der Waals surface area contributed by atoms with Crippen molar-refractivity contribution >= 4 is 17.7 Å². The van der Waals surface area contributed by atoms with E-state index in [1.165, 1.54) is 11.8 Å². The second-order valence-corrected chi connectivity index (χ2v) is 6.26. The summed E-state index contributed by atoms with van der Waals surface area (Å²) in [5, 5.41) is 16.1. The van der Waals surface area contributed by atoms with Crippen LogP contribution in [-0.4, -0.2) is 31.6 Å². The Balaban J connectivity index is 1.95. The summed E-state index contributed by atoms with van der Waals surface area (Å²) in [7, 11) is 0. The smallest absolute Gasteiger partial charge is 0.344 e. The van der Waals surface area contributed by atoms with Gasteiger partial charge < -0.3 is 5.11 Å². The van der Waals surface area contributed by atoms with E-state index in [0.29, 0.717) is 17.3 Å². The summed E-state index contributed by atoms with van der Waals surface area (Å²) in [5.41, 5.74) is -0.911. The fraction of sp³-hybridized carbons (Fsp3) is 0.727. The van der Waals surface area contributed by atoms with E-state index in [1.807, 2.05) is 0 Å². The van der Waals surface area contributed by atoms with Gasteiger partial charge in [0.25, 0.3) is 0 Å². The Hall–Kier alpha value is -1.24. The average Bonchev–Trinajstić information content (AvgIpc) is 3.04. The quantitative estimate of drug-likeness (QED) is 0.765. The minimum absolute atomic E-state index is 0.169. The SMILES string of the molecule is CC(C)(CCSc1n[nH]c(=O)n1C1CC1)C(=O)O. The molecule has 2 N–H and O–H groups in total. The molecule has 0 bridgehead atoms. The zero-order chi connectivity index (χ0) is 13.3. The van der Waals surface area contributed by atoms with E-state index in [0.717, 1.165) is 12.8 Å². The molecule has 1 aliphatic rings. The van der Waals surface area contributed by atoms with Crippen LogP contribution in [0.1, 0.15) is 39.2 Å². The molecule has 1 fully saturated rings. The first kappa shape index (κ1) is 13.2. The Kier molecular flexibility index (Phi) is 3.52. The molecule has 7 heteroatoms. The summed E-state index contributed by atoms with van der Waals surface area (Å²) in [5.74, 6) is -0.166. The van der Waals surface area contributed by atoms with E-state index in [9.17, 15) is 9.59 Å². The third kappa shape index (κ3) is 2.77. The molecular weight excluding hydrogens is 254 g/mol. The minimum Gasteiger partial charge on any atom is -0.481 e. The number of aromatic amines is 1. The van der Waals surface area contributed by atoms with Gasteiger partial charge in [-0.15, -0.1) is 5.10 Å². The lowest BCUT2D eigenvalue weighted by atomic mass is 9.91.